The Hall–Kier alpha value is -0.710. The van der Waals surface area contributed by atoms with Crippen molar-refractivity contribution in [1.82, 2.24) is 5.32 Å². The lowest BCUT2D eigenvalue weighted by molar-refractivity contribution is -0.115. The molecule has 3 nitrogen and oxygen atoms in total. The largest absolute Gasteiger partial charge is 0.324 e. The number of rotatable bonds is 3. The van der Waals surface area contributed by atoms with Crippen LogP contribution >= 0.6 is 23.4 Å². The summed E-state index contributed by atoms with van der Waals surface area (Å²) < 4.78 is 0. The van der Waals surface area contributed by atoms with Crippen LogP contribution < -0.4 is 10.6 Å². The summed E-state index contributed by atoms with van der Waals surface area (Å²) in [6.45, 7) is 2.62. The third kappa shape index (κ3) is 2.51. The molecule has 1 aliphatic rings. The minimum absolute atomic E-state index is 0.0145. The van der Waals surface area contributed by atoms with Crippen molar-refractivity contribution < 1.29 is 4.79 Å². The van der Waals surface area contributed by atoms with E-state index in [1.807, 2.05) is 19.1 Å². The van der Waals surface area contributed by atoms with Crippen molar-refractivity contribution in [3.8, 4) is 0 Å². The first-order valence-corrected chi connectivity index (χ1v) is 6.49. The van der Waals surface area contributed by atoms with Crippen molar-refractivity contribution in [2.45, 2.75) is 23.6 Å². The molecule has 1 aliphatic heterocycles. The molecule has 1 aromatic rings. The molecule has 0 aromatic heterocycles. The van der Waals surface area contributed by atoms with Gasteiger partial charge < -0.3 is 5.32 Å². The molecule has 0 aliphatic carbocycles. The van der Waals surface area contributed by atoms with Gasteiger partial charge in [0.15, 0.2) is 0 Å². The van der Waals surface area contributed by atoms with Crippen LogP contribution in [-0.2, 0) is 11.3 Å². The summed E-state index contributed by atoms with van der Waals surface area (Å²) in [5, 5.41) is 5.93. The highest BCUT2D eigenvalue weighted by Gasteiger charge is 2.22. The van der Waals surface area contributed by atoms with Gasteiger partial charge in [0, 0.05) is 11.4 Å². The number of benzene rings is 1. The van der Waals surface area contributed by atoms with E-state index in [0.29, 0.717) is 12.5 Å². The molecule has 0 spiro atoms. The standard InChI is InChI=1S/C11H13ClN2OS/c1-7-11(15)14-9-4-8(5-13-6-12)2-3-10(9)16-7/h2-4,7,13H,5-6H2,1H3,(H,14,15). The number of hydrogen-bond donors (Lipinski definition) is 2. The fraction of sp³-hybridized carbons (Fsp3) is 0.364. The molecule has 0 fully saturated rings. The molecule has 2 rings (SSSR count). The van der Waals surface area contributed by atoms with Gasteiger partial charge in [-0.1, -0.05) is 6.07 Å². The molecule has 2 N–H and O–H groups in total. The summed E-state index contributed by atoms with van der Waals surface area (Å²) >= 11 is 7.15. The van der Waals surface area contributed by atoms with Gasteiger partial charge in [0.1, 0.15) is 0 Å². The van der Waals surface area contributed by atoms with Gasteiger partial charge in [-0.2, -0.15) is 0 Å². The molecule has 16 heavy (non-hydrogen) atoms. The average Bonchev–Trinajstić information content (AvgIpc) is 2.28. The minimum atomic E-state index is -0.0145. The van der Waals surface area contributed by atoms with Crippen molar-refractivity contribution in [3.05, 3.63) is 23.8 Å². The lowest BCUT2D eigenvalue weighted by Gasteiger charge is -2.21. The Morgan fingerprint density at radius 1 is 1.56 bits per heavy atom. The quantitative estimate of drug-likeness (QED) is 0.645. The number of halogens is 1. The maximum absolute atomic E-state index is 11.5. The summed E-state index contributed by atoms with van der Waals surface area (Å²) in [5.74, 6) is 0.0694. The summed E-state index contributed by atoms with van der Waals surface area (Å²) in [4.78, 5) is 12.6. The van der Waals surface area contributed by atoms with Crippen LogP contribution in [0.5, 0.6) is 0 Å². The first-order chi connectivity index (χ1) is 7.70. The number of carbonyl (C=O) groups excluding carboxylic acids is 1. The number of fused-ring (bicyclic) bond motifs is 1. The number of carbonyl (C=O) groups is 1. The van der Waals surface area contributed by atoms with E-state index < -0.39 is 0 Å². The maximum Gasteiger partial charge on any atom is 0.237 e. The third-order valence-electron chi connectivity index (χ3n) is 2.40. The Labute approximate surface area is 104 Å². The summed E-state index contributed by atoms with van der Waals surface area (Å²) in [7, 11) is 0. The van der Waals surface area contributed by atoms with E-state index in [0.717, 1.165) is 16.1 Å². The lowest BCUT2D eigenvalue weighted by atomic mass is 10.2. The van der Waals surface area contributed by atoms with Gasteiger partial charge in [0.05, 0.1) is 16.9 Å². The van der Waals surface area contributed by atoms with Gasteiger partial charge in [0.25, 0.3) is 0 Å². The molecule has 0 radical (unpaired) electrons. The van der Waals surface area contributed by atoms with E-state index in [1.54, 1.807) is 11.8 Å². The van der Waals surface area contributed by atoms with Gasteiger partial charge in [-0.25, -0.2) is 0 Å². The van der Waals surface area contributed by atoms with Gasteiger partial charge in [-0.05, 0) is 24.6 Å². The molecule has 0 saturated heterocycles. The molecule has 1 unspecified atom stereocenters. The van der Waals surface area contributed by atoms with Crippen LogP contribution in [0.15, 0.2) is 23.1 Å². The van der Waals surface area contributed by atoms with E-state index in [-0.39, 0.29) is 11.2 Å². The zero-order valence-electron chi connectivity index (χ0n) is 8.92. The molecule has 1 amide bonds. The predicted octanol–water partition coefficient (Wildman–Crippen LogP) is 2.41. The van der Waals surface area contributed by atoms with Crippen molar-refractivity contribution in [3.63, 3.8) is 0 Å². The highest BCUT2D eigenvalue weighted by Crippen LogP contribution is 2.35. The normalized spacial score (nSPS) is 19.1. The minimum Gasteiger partial charge on any atom is -0.324 e. The number of amides is 1. The number of anilines is 1. The Bertz CT molecular complexity index is 411. The summed E-state index contributed by atoms with van der Waals surface area (Å²) in [6, 6.07) is 6.51. The smallest absolute Gasteiger partial charge is 0.237 e. The molecule has 86 valence electrons. The lowest BCUT2D eigenvalue weighted by Crippen LogP contribution is -2.26. The Balaban J connectivity index is 2.19. The third-order valence-corrected chi connectivity index (χ3v) is 3.76. The Morgan fingerprint density at radius 3 is 3.12 bits per heavy atom. The first kappa shape index (κ1) is 11.8. The maximum atomic E-state index is 11.5. The van der Waals surface area contributed by atoms with Crippen molar-refractivity contribution >= 4 is 35.0 Å². The van der Waals surface area contributed by atoms with Crippen LogP contribution in [-0.4, -0.2) is 17.2 Å². The Kier molecular flexibility index (Phi) is 3.74. The monoisotopic (exact) mass is 256 g/mol. The van der Waals surface area contributed by atoms with Crippen LogP contribution in [0.25, 0.3) is 0 Å². The highest BCUT2D eigenvalue weighted by atomic mass is 35.5. The topological polar surface area (TPSA) is 41.1 Å². The van der Waals surface area contributed by atoms with E-state index in [4.69, 9.17) is 11.6 Å². The highest BCUT2D eigenvalue weighted by molar-refractivity contribution is 8.00. The van der Waals surface area contributed by atoms with Gasteiger partial charge in [-0.3, -0.25) is 10.1 Å². The van der Waals surface area contributed by atoms with E-state index in [2.05, 4.69) is 16.7 Å². The molecule has 5 heteroatoms. The molecule has 0 saturated carbocycles. The van der Waals surface area contributed by atoms with Gasteiger partial charge in [0.2, 0.25) is 5.91 Å². The second-order valence-electron chi connectivity index (χ2n) is 3.64. The summed E-state index contributed by atoms with van der Waals surface area (Å²) in [6.07, 6.45) is 0. The number of alkyl halides is 1. The van der Waals surface area contributed by atoms with Crippen molar-refractivity contribution in [1.29, 1.82) is 0 Å². The van der Waals surface area contributed by atoms with Crippen LogP contribution in [0.1, 0.15) is 12.5 Å². The molecule has 1 atom stereocenters. The Morgan fingerprint density at radius 2 is 2.38 bits per heavy atom. The van der Waals surface area contributed by atoms with E-state index >= 15 is 0 Å². The van der Waals surface area contributed by atoms with Crippen LogP contribution in [0.4, 0.5) is 5.69 Å². The fourth-order valence-electron chi connectivity index (χ4n) is 1.56. The van der Waals surface area contributed by atoms with Crippen molar-refractivity contribution in [2.75, 3.05) is 11.3 Å². The van der Waals surface area contributed by atoms with E-state index in [9.17, 15) is 4.79 Å². The van der Waals surface area contributed by atoms with Crippen LogP contribution in [0.3, 0.4) is 0 Å². The molecular weight excluding hydrogens is 244 g/mol. The zero-order chi connectivity index (χ0) is 11.5. The number of hydrogen-bond acceptors (Lipinski definition) is 3. The summed E-state index contributed by atoms with van der Waals surface area (Å²) in [5.41, 5.74) is 2.02. The van der Waals surface area contributed by atoms with Crippen molar-refractivity contribution in [2.24, 2.45) is 0 Å². The van der Waals surface area contributed by atoms with Gasteiger partial charge in [-0.15, -0.1) is 23.4 Å². The number of nitrogens with one attached hydrogen (secondary N) is 2. The van der Waals surface area contributed by atoms with Crippen LogP contribution in [0, 0.1) is 0 Å². The van der Waals surface area contributed by atoms with Crippen LogP contribution in [0.2, 0.25) is 0 Å². The SMILES string of the molecule is CC1Sc2ccc(CNCCl)cc2NC1=O. The first-order valence-electron chi connectivity index (χ1n) is 5.08. The molecule has 0 bridgehead atoms. The van der Waals surface area contributed by atoms with Gasteiger partial charge >= 0.3 is 0 Å². The fourth-order valence-corrected chi connectivity index (χ4v) is 2.58. The number of thioether (sulfide) groups is 1. The second kappa shape index (κ2) is 5.08. The van der Waals surface area contributed by atoms with E-state index in [1.165, 1.54) is 0 Å². The predicted molar refractivity (Wildman–Crippen MR) is 68.0 cm³/mol. The molecular formula is C11H13ClN2OS. The molecule has 1 heterocycles. The average molecular weight is 257 g/mol. The second-order valence-corrected chi connectivity index (χ2v) is 5.29. The molecule has 1 aromatic carbocycles. The zero-order valence-corrected chi connectivity index (χ0v) is 10.5.